The fourth-order valence-corrected chi connectivity index (χ4v) is 2.40. The van der Waals surface area contributed by atoms with E-state index in [1.54, 1.807) is 12.3 Å². The molecule has 110 valence electrons. The fourth-order valence-electron chi connectivity index (χ4n) is 2.40. The fraction of sp³-hybridized carbons (Fsp3) is 0.600. The van der Waals surface area contributed by atoms with Gasteiger partial charge in [-0.25, -0.2) is 0 Å². The molecule has 0 amide bonds. The highest BCUT2D eigenvalue weighted by molar-refractivity contribution is 5.94. The standard InChI is InChI=1S/C15H22N2O3/c1-3-14(18)13-5-4-12(10-16-13)17(2)11-15(19)6-8-20-9-7-15/h4-5,10,19H,3,6-9,11H2,1-2H3. The van der Waals surface area contributed by atoms with Crippen molar-refractivity contribution in [1.82, 2.24) is 4.98 Å². The van der Waals surface area contributed by atoms with Crippen molar-refractivity contribution in [2.75, 3.05) is 31.7 Å². The molecule has 0 aromatic carbocycles. The third-order valence-electron chi connectivity index (χ3n) is 3.75. The number of hydrogen-bond acceptors (Lipinski definition) is 5. The molecule has 1 aromatic rings. The third kappa shape index (κ3) is 3.55. The van der Waals surface area contributed by atoms with E-state index in [1.807, 2.05) is 24.9 Å². The summed E-state index contributed by atoms with van der Waals surface area (Å²) in [7, 11) is 1.92. The zero-order valence-corrected chi connectivity index (χ0v) is 12.1. The van der Waals surface area contributed by atoms with E-state index in [1.165, 1.54) is 0 Å². The van der Waals surface area contributed by atoms with E-state index in [4.69, 9.17) is 4.74 Å². The Morgan fingerprint density at radius 3 is 2.70 bits per heavy atom. The summed E-state index contributed by atoms with van der Waals surface area (Å²) in [4.78, 5) is 17.7. The molecule has 1 aliphatic heterocycles. The quantitative estimate of drug-likeness (QED) is 0.830. The predicted octanol–water partition coefficient (Wildman–Crippen LogP) is 1.65. The molecule has 0 unspecified atom stereocenters. The predicted molar refractivity (Wildman–Crippen MR) is 77.1 cm³/mol. The van der Waals surface area contributed by atoms with Gasteiger partial charge in [-0.2, -0.15) is 0 Å². The maximum absolute atomic E-state index is 11.5. The molecule has 1 saturated heterocycles. The van der Waals surface area contributed by atoms with E-state index in [0.717, 1.165) is 5.69 Å². The molecule has 0 spiro atoms. The van der Waals surface area contributed by atoms with E-state index in [0.29, 0.717) is 44.7 Å². The second-order valence-corrected chi connectivity index (χ2v) is 5.37. The number of nitrogens with zero attached hydrogens (tertiary/aromatic N) is 2. The van der Waals surface area contributed by atoms with Crippen LogP contribution in [0.2, 0.25) is 0 Å². The average molecular weight is 278 g/mol. The Morgan fingerprint density at radius 1 is 1.45 bits per heavy atom. The number of Topliss-reactive ketones (excluding diaryl/α,β-unsaturated/α-hetero) is 1. The van der Waals surface area contributed by atoms with Crippen molar-refractivity contribution < 1.29 is 14.6 Å². The number of aliphatic hydroxyl groups is 1. The molecular formula is C15H22N2O3. The summed E-state index contributed by atoms with van der Waals surface area (Å²) in [6, 6.07) is 3.62. The van der Waals surface area contributed by atoms with Crippen molar-refractivity contribution in [3.05, 3.63) is 24.0 Å². The molecule has 20 heavy (non-hydrogen) atoms. The maximum Gasteiger partial charge on any atom is 0.180 e. The highest BCUT2D eigenvalue weighted by atomic mass is 16.5. The molecule has 0 atom stereocenters. The van der Waals surface area contributed by atoms with Crippen LogP contribution in [-0.2, 0) is 4.74 Å². The summed E-state index contributed by atoms with van der Waals surface area (Å²) in [5.74, 6) is 0.0438. The second-order valence-electron chi connectivity index (χ2n) is 5.37. The van der Waals surface area contributed by atoms with Crippen LogP contribution in [0.3, 0.4) is 0 Å². The zero-order chi connectivity index (χ0) is 14.6. The van der Waals surface area contributed by atoms with Gasteiger partial charge in [0.25, 0.3) is 0 Å². The van der Waals surface area contributed by atoms with E-state index in [2.05, 4.69) is 4.98 Å². The van der Waals surface area contributed by atoms with Crippen molar-refractivity contribution in [2.45, 2.75) is 31.8 Å². The highest BCUT2D eigenvalue weighted by Gasteiger charge is 2.31. The minimum Gasteiger partial charge on any atom is -0.388 e. The van der Waals surface area contributed by atoms with Crippen LogP contribution in [0.1, 0.15) is 36.7 Å². The molecule has 1 fully saturated rings. The van der Waals surface area contributed by atoms with Crippen LogP contribution in [0.4, 0.5) is 5.69 Å². The van der Waals surface area contributed by atoms with Crippen LogP contribution >= 0.6 is 0 Å². The van der Waals surface area contributed by atoms with E-state index in [-0.39, 0.29) is 5.78 Å². The Bertz CT molecular complexity index is 453. The molecule has 0 saturated carbocycles. The first-order chi connectivity index (χ1) is 9.54. The van der Waals surface area contributed by atoms with Crippen LogP contribution in [0.25, 0.3) is 0 Å². The highest BCUT2D eigenvalue weighted by Crippen LogP contribution is 2.23. The first-order valence-electron chi connectivity index (χ1n) is 7.04. The van der Waals surface area contributed by atoms with Gasteiger partial charge < -0.3 is 14.7 Å². The number of aromatic nitrogens is 1. The largest absolute Gasteiger partial charge is 0.388 e. The summed E-state index contributed by atoms with van der Waals surface area (Å²) in [6.45, 7) is 3.57. The lowest BCUT2D eigenvalue weighted by molar-refractivity contribution is -0.0572. The summed E-state index contributed by atoms with van der Waals surface area (Å²) in [6.07, 6.45) is 3.45. The SMILES string of the molecule is CCC(=O)c1ccc(N(C)CC2(O)CCOCC2)cn1. The van der Waals surface area contributed by atoms with Gasteiger partial charge in [-0.05, 0) is 12.1 Å². The number of carbonyl (C=O) groups excluding carboxylic acids is 1. The Hall–Kier alpha value is -1.46. The van der Waals surface area contributed by atoms with Crippen molar-refractivity contribution >= 4 is 11.5 Å². The van der Waals surface area contributed by atoms with Crippen molar-refractivity contribution in [3.8, 4) is 0 Å². The summed E-state index contributed by atoms with van der Waals surface area (Å²) >= 11 is 0. The number of likely N-dealkylation sites (N-methyl/N-ethyl adjacent to an activating group) is 1. The van der Waals surface area contributed by atoms with Crippen LogP contribution in [0.5, 0.6) is 0 Å². The van der Waals surface area contributed by atoms with Gasteiger partial charge in [0.1, 0.15) is 5.69 Å². The van der Waals surface area contributed by atoms with E-state index in [9.17, 15) is 9.90 Å². The maximum atomic E-state index is 11.5. The number of hydrogen-bond donors (Lipinski definition) is 1. The first kappa shape index (κ1) is 14.9. The zero-order valence-electron chi connectivity index (χ0n) is 12.1. The smallest absolute Gasteiger partial charge is 0.180 e. The summed E-state index contributed by atoms with van der Waals surface area (Å²) in [5.41, 5.74) is 0.692. The van der Waals surface area contributed by atoms with Gasteiger partial charge in [-0.3, -0.25) is 9.78 Å². The second kappa shape index (κ2) is 6.33. The van der Waals surface area contributed by atoms with Crippen LogP contribution in [-0.4, -0.2) is 48.3 Å². The summed E-state index contributed by atoms with van der Waals surface area (Å²) in [5, 5.41) is 10.5. The Kier molecular flexibility index (Phi) is 4.73. The van der Waals surface area contributed by atoms with Gasteiger partial charge in [0, 0.05) is 46.1 Å². The topological polar surface area (TPSA) is 62.7 Å². The van der Waals surface area contributed by atoms with Gasteiger partial charge in [-0.1, -0.05) is 6.92 Å². The van der Waals surface area contributed by atoms with E-state index < -0.39 is 5.60 Å². The molecule has 1 aromatic heterocycles. The number of carbonyl (C=O) groups is 1. The van der Waals surface area contributed by atoms with Gasteiger partial charge in [-0.15, -0.1) is 0 Å². The van der Waals surface area contributed by atoms with Gasteiger partial charge >= 0.3 is 0 Å². The molecule has 1 aliphatic rings. The van der Waals surface area contributed by atoms with Gasteiger partial charge in [0.2, 0.25) is 0 Å². The monoisotopic (exact) mass is 278 g/mol. The van der Waals surface area contributed by atoms with Crippen LogP contribution in [0.15, 0.2) is 18.3 Å². The molecule has 2 heterocycles. The Morgan fingerprint density at radius 2 is 2.15 bits per heavy atom. The number of ketones is 1. The first-order valence-corrected chi connectivity index (χ1v) is 7.04. The molecule has 0 aliphatic carbocycles. The average Bonchev–Trinajstić information content (AvgIpc) is 2.47. The minimum absolute atomic E-state index is 0.0438. The van der Waals surface area contributed by atoms with Gasteiger partial charge in [0.15, 0.2) is 5.78 Å². The van der Waals surface area contributed by atoms with Crippen LogP contribution in [0, 0.1) is 0 Å². The lowest BCUT2D eigenvalue weighted by Crippen LogP contribution is -2.45. The molecule has 2 rings (SSSR count). The van der Waals surface area contributed by atoms with Crippen molar-refractivity contribution in [1.29, 1.82) is 0 Å². The number of pyridine rings is 1. The molecule has 5 heteroatoms. The lowest BCUT2D eigenvalue weighted by atomic mass is 9.94. The normalized spacial score (nSPS) is 17.8. The van der Waals surface area contributed by atoms with Crippen molar-refractivity contribution in [2.24, 2.45) is 0 Å². The Balaban J connectivity index is 2.01. The van der Waals surface area contributed by atoms with Crippen molar-refractivity contribution in [3.63, 3.8) is 0 Å². The third-order valence-corrected chi connectivity index (χ3v) is 3.75. The van der Waals surface area contributed by atoms with Gasteiger partial charge in [0.05, 0.1) is 17.5 Å². The number of anilines is 1. The number of ether oxygens (including phenoxy) is 1. The number of rotatable bonds is 5. The van der Waals surface area contributed by atoms with Crippen LogP contribution < -0.4 is 4.90 Å². The minimum atomic E-state index is -0.703. The lowest BCUT2D eigenvalue weighted by Gasteiger charge is -2.36. The molecular weight excluding hydrogens is 256 g/mol. The molecule has 1 N–H and O–H groups in total. The Labute approximate surface area is 119 Å². The molecule has 0 bridgehead atoms. The molecule has 5 nitrogen and oxygen atoms in total. The summed E-state index contributed by atoms with van der Waals surface area (Å²) < 4.78 is 5.28. The van der Waals surface area contributed by atoms with E-state index >= 15 is 0 Å². The molecule has 0 radical (unpaired) electrons.